The van der Waals surface area contributed by atoms with E-state index in [0.29, 0.717) is 48.4 Å². The zero-order valence-corrected chi connectivity index (χ0v) is 19.7. The molecule has 1 heterocycles. The lowest BCUT2D eigenvalue weighted by atomic mass is 9.88. The zero-order chi connectivity index (χ0) is 24.5. The number of ether oxygens (including phenoxy) is 3. The molecule has 0 spiro atoms. The third-order valence-electron chi connectivity index (χ3n) is 6.78. The van der Waals surface area contributed by atoms with Gasteiger partial charge in [-0.3, -0.25) is 0 Å². The van der Waals surface area contributed by atoms with Crippen LogP contribution in [0.2, 0.25) is 0 Å². The summed E-state index contributed by atoms with van der Waals surface area (Å²) >= 11 is 0. The molecule has 4 rings (SSSR count). The van der Waals surface area contributed by atoms with Gasteiger partial charge in [0.1, 0.15) is 11.3 Å². The molecular formula is C26H31F2NO5. The molecule has 2 aromatic rings. The molecule has 0 bridgehead atoms. The van der Waals surface area contributed by atoms with E-state index < -0.39 is 17.9 Å². The number of anilines is 1. The molecule has 1 aliphatic carbocycles. The number of nitrogens with one attached hydrogen (secondary N) is 1. The Morgan fingerprint density at radius 2 is 1.91 bits per heavy atom. The number of carbonyl (C=O) groups is 1. The molecule has 2 N–H and O–H groups in total. The Kier molecular flexibility index (Phi) is 7.09. The molecule has 0 amide bonds. The summed E-state index contributed by atoms with van der Waals surface area (Å²) in [6.45, 7) is 4.60. The van der Waals surface area contributed by atoms with Crippen molar-refractivity contribution in [3.05, 3.63) is 46.5 Å². The van der Waals surface area contributed by atoms with Crippen LogP contribution in [-0.2, 0) is 20.9 Å². The van der Waals surface area contributed by atoms with Crippen LogP contribution in [0.15, 0.2) is 24.3 Å². The normalized spacial score (nSPS) is 17.6. The van der Waals surface area contributed by atoms with E-state index >= 15 is 0 Å². The third-order valence-corrected chi connectivity index (χ3v) is 6.78. The Morgan fingerprint density at radius 3 is 2.50 bits per heavy atom. The number of benzene rings is 2. The fourth-order valence-corrected chi connectivity index (χ4v) is 4.49. The van der Waals surface area contributed by atoms with Gasteiger partial charge >= 0.3 is 5.97 Å². The van der Waals surface area contributed by atoms with Crippen molar-refractivity contribution < 1.29 is 32.9 Å². The highest BCUT2D eigenvalue weighted by Gasteiger charge is 2.40. The molecule has 1 saturated carbocycles. The lowest BCUT2D eigenvalue weighted by Crippen LogP contribution is -2.50. The SMILES string of the molecule is COc1c(C)c(C)cc(-c2ccc(NC3(C(=O)O)CCOCC3)cc2COC2CC2)c1C(F)F. The van der Waals surface area contributed by atoms with Crippen LogP contribution in [0.1, 0.15) is 54.4 Å². The summed E-state index contributed by atoms with van der Waals surface area (Å²) in [5.41, 5.74) is 2.60. The highest BCUT2D eigenvalue weighted by atomic mass is 19.3. The molecule has 0 radical (unpaired) electrons. The molecule has 6 nitrogen and oxygen atoms in total. The largest absolute Gasteiger partial charge is 0.496 e. The molecule has 0 unspecified atom stereocenters. The summed E-state index contributed by atoms with van der Waals surface area (Å²) in [7, 11) is 1.40. The second-order valence-corrected chi connectivity index (χ2v) is 9.12. The summed E-state index contributed by atoms with van der Waals surface area (Å²) in [5.74, 6) is -0.747. The average molecular weight is 476 g/mol. The average Bonchev–Trinajstić information content (AvgIpc) is 3.64. The number of aliphatic carboxylic acids is 1. The van der Waals surface area contributed by atoms with Gasteiger partial charge in [-0.15, -0.1) is 0 Å². The first-order valence-corrected chi connectivity index (χ1v) is 11.6. The van der Waals surface area contributed by atoms with Gasteiger partial charge in [0.25, 0.3) is 6.43 Å². The van der Waals surface area contributed by atoms with E-state index in [2.05, 4.69) is 5.32 Å². The Labute approximate surface area is 198 Å². The topological polar surface area (TPSA) is 77.0 Å². The predicted octanol–water partition coefficient (Wildman–Crippen LogP) is 5.64. The molecule has 2 aromatic carbocycles. The molecule has 2 fully saturated rings. The van der Waals surface area contributed by atoms with Gasteiger partial charge in [0.15, 0.2) is 0 Å². The first-order valence-electron chi connectivity index (χ1n) is 11.6. The molecule has 2 aliphatic rings. The van der Waals surface area contributed by atoms with Crippen LogP contribution < -0.4 is 10.1 Å². The highest BCUT2D eigenvalue weighted by molar-refractivity contribution is 5.84. The van der Waals surface area contributed by atoms with E-state index in [-0.39, 0.29) is 24.0 Å². The summed E-state index contributed by atoms with van der Waals surface area (Å²) < 4.78 is 45.2. The van der Waals surface area contributed by atoms with Crippen LogP contribution in [0.4, 0.5) is 14.5 Å². The van der Waals surface area contributed by atoms with Gasteiger partial charge in [-0.25, -0.2) is 13.6 Å². The smallest absolute Gasteiger partial charge is 0.329 e. The van der Waals surface area contributed by atoms with Crippen LogP contribution in [0, 0.1) is 13.8 Å². The van der Waals surface area contributed by atoms with E-state index in [1.54, 1.807) is 25.1 Å². The highest BCUT2D eigenvalue weighted by Crippen LogP contribution is 2.43. The molecule has 1 saturated heterocycles. The first kappa shape index (κ1) is 24.4. The van der Waals surface area contributed by atoms with E-state index in [9.17, 15) is 18.7 Å². The van der Waals surface area contributed by atoms with Crippen molar-refractivity contribution in [2.24, 2.45) is 0 Å². The molecule has 34 heavy (non-hydrogen) atoms. The van der Waals surface area contributed by atoms with Crippen LogP contribution in [0.25, 0.3) is 11.1 Å². The van der Waals surface area contributed by atoms with Crippen molar-refractivity contribution in [1.29, 1.82) is 0 Å². The Balaban J connectivity index is 1.79. The van der Waals surface area contributed by atoms with E-state index in [1.807, 2.05) is 13.0 Å². The van der Waals surface area contributed by atoms with Crippen LogP contribution in [0.5, 0.6) is 5.75 Å². The number of carboxylic acids is 1. The second-order valence-electron chi connectivity index (χ2n) is 9.12. The van der Waals surface area contributed by atoms with E-state index in [1.165, 1.54) is 7.11 Å². The lowest BCUT2D eigenvalue weighted by Gasteiger charge is -2.35. The van der Waals surface area contributed by atoms with Crippen molar-refractivity contribution in [2.45, 2.75) is 64.2 Å². The molecule has 8 heteroatoms. The second kappa shape index (κ2) is 9.88. The van der Waals surface area contributed by atoms with Gasteiger partial charge in [0, 0.05) is 31.7 Å². The third kappa shape index (κ3) is 4.88. The van der Waals surface area contributed by atoms with Gasteiger partial charge in [-0.1, -0.05) is 12.1 Å². The molecular weight excluding hydrogens is 444 g/mol. The van der Waals surface area contributed by atoms with E-state index in [0.717, 1.165) is 24.0 Å². The molecule has 0 atom stereocenters. The van der Waals surface area contributed by atoms with Crippen molar-refractivity contribution in [3.63, 3.8) is 0 Å². The minimum atomic E-state index is -2.73. The summed E-state index contributed by atoms with van der Waals surface area (Å²) in [5, 5.41) is 13.1. The zero-order valence-electron chi connectivity index (χ0n) is 19.7. The Bertz CT molecular complexity index is 1060. The monoisotopic (exact) mass is 475 g/mol. The summed E-state index contributed by atoms with van der Waals surface area (Å²) in [6, 6.07) is 7.08. The lowest BCUT2D eigenvalue weighted by molar-refractivity contribution is -0.145. The number of hydrogen-bond acceptors (Lipinski definition) is 5. The van der Waals surface area contributed by atoms with Gasteiger partial charge in [0.05, 0.1) is 25.4 Å². The van der Waals surface area contributed by atoms with Crippen molar-refractivity contribution in [3.8, 4) is 16.9 Å². The maximum atomic E-state index is 14.3. The van der Waals surface area contributed by atoms with Crippen LogP contribution in [0.3, 0.4) is 0 Å². The van der Waals surface area contributed by atoms with E-state index in [4.69, 9.17) is 14.2 Å². The quantitative estimate of drug-likeness (QED) is 0.489. The number of methoxy groups -OCH3 is 1. The van der Waals surface area contributed by atoms with Crippen molar-refractivity contribution in [1.82, 2.24) is 0 Å². The summed E-state index contributed by atoms with van der Waals surface area (Å²) in [4.78, 5) is 12.1. The first-order chi connectivity index (χ1) is 16.3. The maximum absolute atomic E-state index is 14.3. The standard InChI is InChI=1S/C26H31F2NO5/c1-15-12-21(22(24(27)28)23(32-3)16(15)2)20-7-4-18(13-17(20)14-34-19-5-6-19)29-26(25(30)31)8-10-33-11-9-26/h4,7,12-13,19,24,29H,5-6,8-11,14H2,1-3H3,(H,30,31). The Morgan fingerprint density at radius 1 is 1.21 bits per heavy atom. The predicted molar refractivity (Wildman–Crippen MR) is 125 cm³/mol. The minimum absolute atomic E-state index is 0.148. The minimum Gasteiger partial charge on any atom is -0.496 e. The summed E-state index contributed by atoms with van der Waals surface area (Å²) in [6.07, 6.45) is 0.0829. The van der Waals surface area contributed by atoms with Crippen LogP contribution >= 0.6 is 0 Å². The van der Waals surface area contributed by atoms with Gasteiger partial charge < -0.3 is 24.6 Å². The number of halogens is 2. The fraction of sp³-hybridized carbons (Fsp3) is 0.500. The number of alkyl halides is 2. The number of rotatable bonds is 9. The Hall–Kier alpha value is -2.71. The van der Waals surface area contributed by atoms with Gasteiger partial charge in [-0.05, 0) is 66.6 Å². The number of hydrogen-bond donors (Lipinski definition) is 2. The fourth-order valence-electron chi connectivity index (χ4n) is 4.49. The maximum Gasteiger partial charge on any atom is 0.329 e. The number of aryl methyl sites for hydroxylation is 1. The van der Waals surface area contributed by atoms with Crippen molar-refractivity contribution in [2.75, 3.05) is 25.6 Å². The van der Waals surface area contributed by atoms with Crippen molar-refractivity contribution >= 4 is 11.7 Å². The molecule has 184 valence electrons. The molecule has 1 aliphatic heterocycles. The van der Waals surface area contributed by atoms with Crippen LogP contribution in [-0.4, -0.2) is 43.0 Å². The molecule has 0 aromatic heterocycles. The van der Waals surface area contributed by atoms with Gasteiger partial charge in [0.2, 0.25) is 0 Å². The number of carboxylic acid groups (broad SMARTS) is 1. The van der Waals surface area contributed by atoms with Gasteiger partial charge in [-0.2, -0.15) is 0 Å².